The molecule has 2 aromatic rings. The van der Waals surface area contributed by atoms with Crippen LogP contribution in [-0.2, 0) is 0 Å². The van der Waals surface area contributed by atoms with Crippen LogP contribution in [-0.4, -0.2) is 9.97 Å². The maximum Gasteiger partial charge on any atom is 0.228 e. The van der Waals surface area contributed by atoms with E-state index in [0.29, 0.717) is 0 Å². The van der Waals surface area contributed by atoms with Crippen molar-refractivity contribution in [3.63, 3.8) is 0 Å². The minimum atomic E-state index is -0.626. The number of rotatable bonds is 2. The van der Waals surface area contributed by atoms with Crippen LogP contribution in [0.15, 0.2) is 30.5 Å². The van der Waals surface area contributed by atoms with Gasteiger partial charge < -0.3 is 5.32 Å². The Balaban J connectivity index is 2.38. The standard InChI is InChI=1S/C12H6FN5/c13-10-2-1-3-11(9(10)7-15)18-12-16-5-4-8(6-14)17-12/h1-5H,(H,16,17,18). The largest absolute Gasteiger partial charge is 0.323 e. The summed E-state index contributed by atoms with van der Waals surface area (Å²) in [6, 6.07) is 9.25. The second kappa shape index (κ2) is 4.89. The molecule has 1 aromatic heterocycles. The van der Waals surface area contributed by atoms with Crippen molar-refractivity contribution in [1.82, 2.24) is 9.97 Å². The molecular formula is C12H6FN5. The molecular weight excluding hydrogens is 233 g/mol. The van der Waals surface area contributed by atoms with Gasteiger partial charge in [-0.3, -0.25) is 0 Å². The molecule has 0 spiro atoms. The Morgan fingerprint density at radius 2 is 2.00 bits per heavy atom. The van der Waals surface area contributed by atoms with Gasteiger partial charge in [0.2, 0.25) is 5.95 Å². The number of nitrogens with zero attached hydrogens (tertiary/aromatic N) is 4. The highest BCUT2D eigenvalue weighted by atomic mass is 19.1. The maximum atomic E-state index is 13.3. The number of benzene rings is 1. The van der Waals surface area contributed by atoms with Crippen LogP contribution in [0.1, 0.15) is 11.3 Å². The number of aromatic nitrogens is 2. The van der Waals surface area contributed by atoms with E-state index >= 15 is 0 Å². The van der Waals surface area contributed by atoms with E-state index in [9.17, 15) is 4.39 Å². The summed E-state index contributed by atoms with van der Waals surface area (Å²) in [6.45, 7) is 0. The number of hydrogen-bond donors (Lipinski definition) is 1. The van der Waals surface area contributed by atoms with Gasteiger partial charge in [-0.05, 0) is 18.2 Å². The van der Waals surface area contributed by atoms with E-state index in [2.05, 4.69) is 15.3 Å². The third-order valence-corrected chi connectivity index (χ3v) is 2.14. The minimum Gasteiger partial charge on any atom is -0.323 e. The molecule has 5 nitrogen and oxygen atoms in total. The van der Waals surface area contributed by atoms with E-state index in [1.807, 2.05) is 6.07 Å². The topological polar surface area (TPSA) is 85.4 Å². The van der Waals surface area contributed by atoms with Crippen LogP contribution in [0.4, 0.5) is 16.0 Å². The van der Waals surface area contributed by atoms with Crippen molar-refractivity contribution in [2.24, 2.45) is 0 Å². The monoisotopic (exact) mass is 239 g/mol. The van der Waals surface area contributed by atoms with Crippen molar-refractivity contribution in [2.75, 3.05) is 5.32 Å². The molecule has 0 fully saturated rings. The molecule has 86 valence electrons. The van der Waals surface area contributed by atoms with Crippen LogP contribution in [0, 0.1) is 28.5 Å². The van der Waals surface area contributed by atoms with E-state index in [-0.39, 0.29) is 22.9 Å². The van der Waals surface area contributed by atoms with Gasteiger partial charge in [0.1, 0.15) is 29.2 Å². The first-order valence-corrected chi connectivity index (χ1v) is 4.93. The molecule has 1 aromatic carbocycles. The Bertz CT molecular complexity index is 669. The zero-order valence-corrected chi connectivity index (χ0v) is 9.05. The summed E-state index contributed by atoms with van der Waals surface area (Å²) in [5.74, 6) is -0.491. The molecule has 0 aliphatic heterocycles. The average Bonchev–Trinajstić information content (AvgIpc) is 2.39. The van der Waals surface area contributed by atoms with Crippen molar-refractivity contribution < 1.29 is 4.39 Å². The van der Waals surface area contributed by atoms with Crippen LogP contribution in [0.25, 0.3) is 0 Å². The zero-order valence-electron chi connectivity index (χ0n) is 9.05. The summed E-state index contributed by atoms with van der Waals surface area (Å²) in [6.07, 6.45) is 1.40. The van der Waals surface area contributed by atoms with Crippen LogP contribution >= 0.6 is 0 Å². The predicted octanol–water partition coefficient (Wildman–Crippen LogP) is 2.10. The summed E-state index contributed by atoms with van der Waals surface area (Å²) in [5, 5.41) is 20.3. The minimum absolute atomic E-state index is 0.122. The Morgan fingerprint density at radius 3 is 2.72 bits per heavy atom. The van der Waals surface area contributed by atoms with Crippen LogP contribution in [0.3, 0.4) is 0 Å². The summed E-state index contributed by atoms with van der Waals surface area (Å²) in [7, 11) is 0. The smallest absolute Gasteiger partial charge is 0.228 e. The number of halogens is 1. The highest BCUT2D eigenvalue weighted by Gasteiger charge is 2.08. The van der Waals surface area contributed by atoms with Crippen molar-refractivity contribution >= 4 is 11.6 Å². The number of nitriles is 2. The third-order valence-electron chi connectivity index (χ3n) is 2.14. The lowest BCUT2D eigenvalue weighted by Gasteiger charge is -2.06. The van der Waals surface area contributed by atoms with Gasteiger partial charge in [0, 0.05) is 6.20 Å². The highest BCUT2D eigenvalue weighted by Crippen LogP contribution is 2.20. The summed E-state index contributed by atoms with van der Waals surface area (Å²) < 4.78 is 13.3. The van der Waals surface area contributed by atoms with Gasteiger partial charge in [0.15, 0.2) is 0 Å². The van der Waals surface area contributed by atoms with E-state index in [1.165, 1.54) is 30.5 Å². The number of anilines is 2. The van der Waals surface area contributed by atoms with Gasteiger partial charge in [-0.1, -0.05) is 6.07 Å². The Labute approximate surface area is 102 Å². The zero-order chi connectivity index (χ0) is 13.0. The SMILES string of the molecule is N#Cc1ccnc(Nc2cccc(F)c2C#N)n1. The molecule has 0 bridgehead atoms. The van der Waals surface area contributed by atoms with Gasteiger partial charge >= 0.3 is 0 Å². The number of nitrogens with one attached hydrogen (secondary N) is 1. The Hall–Kier alpha value is -2.99. The molecule has 0 aliphatic carbocycles. The van der Waals surface area contributed by atoms with Gasteiger partial charge in [-0.15, -0.1) is 0 Å². The lowest BCUT2D eigenvalue weighted by atomic mass is 10.2. The maximum absolute atomic E-state index is 13.3. The first kappa shape index (κ1) is 11.5. The van der Waals surface area contributed by atoms with E-state index in [4.69, 9.17) is 10.5 Å². The second-order valence-corrected chi connectivity index (χ2v) is 3.28. The van der Waals surface area contributed by atoms with Crippen molar-refractivity contribution in [3.05, 3.63) is 47.5 Å². The molecule has 0 radical (unpaired) electrons. The first-order chi connectivity index (χ1) is 8.74. The quantitative estimate of drug-likeness (QED) is 0.867. The van der Waals surface area contributed by atoms with Crippen LogP contribution in [0.5, 0.6) is 0 Å². The molecule has 0 unspecified atom stereocenters. The van der Waals surface area contributed by atoms with Gasteiger partial charge in [-0.25, -0.2) is 14.4 Å². The molecule has 0 saturated carbocycles. The van der Waals surface area contributed by atoms with Crippen LogP contribution in [0.2, 0.25) is 0 Å². The molecule has 2 rings (SSSR count). The normalized spacial score (nSPS) is 9.28. The molecule has 0 saturated heterocycles. The Morgan fingerprint density at radius 1 is 1.17 bits per heavy atom. The summed E-state index contributed by atoms with van der Waals surface area (Å²) in [5.41, 5.74) is 0.318. The van der Waals surface area contributed by atoms with Crippen molar-refractivity contribution in [2.45, 2.75) is 0 Å². The first-order valence-electron chi connectivity index (χ1n) is 4.93. The van der Waals surface area contributed by atoms with E-state index in [0.717, 1.165) is 0 Å². The Kier molecular flexibility index (Phi) is 3.13. The summed E-state index contributed by atoms with van der Waals surface area (Å²) in [4.78, 5) is 7.76. The van der Waals surface area contributed by atoms with Gasteiger partial charge in [0.25, 0.3) is 0 Å². The molecule has 1 N–H and O–H groups in total. The fourth-order valence-corrected chi connectivity index (χ4v) is 1.34. The average molecular weight is 239 g/mol. The lowest BCUT2D eigenvalue weighted by Crippen LogP contribution is -2.01. The molecule has 0 aliphatic rings. The molecule has 1 heterocycles. The third kappa shape index (κ3) is 2.23. The molecule has 18 heavy (non-hydrogen) atoms. The second-order valence-electron chi connectivity index (χ2n) is 3.28. The fraction of sp³-hybridized carbons (Fsp3) is 0. The summed E-state index contributed by atoms with van der Waals surface area (Å²) >= 11 is 0. The van der Waals surface area contributed by atoms with Crippen molar-refractivity contribution in [3.8, 4) is 12.1 Å². The fourth-order valence-electron chi connectivity index (χ4n) is 1.34. The highest BCUT2D eigenvalue weighted by molar-refractivity contribution is 5.63. The van der Waals surface area contributed by atoms with E-state index < -0.39 is 5.82 Å². The molecule has 6 heteroatoms. The molecule has 0 amide bonds. The van der Waals surface area contributed by atoms with E-state index in [1.54, 1.807) is 6.07 Å². The molecule has 0 atom stereocenters. The van der Waals surface area contributed by atoms with Gasteiger partial charge in [-0.2, -0.15) is 10.5 Å². The van der Waals surface area contributed by atoms with Crippen molar-refractivity contribution in [1.29, 1.82) is 10.5 Å². The predicted molar refractivity (Wildman–Crippen MR) is 61.1 cm³/mol. The lowest BCUT2D eigenvalue weighted by molar-refractivity contribution is 0.624. The van der Waals surface area contributed by atoms with Crippen LogP contribution < -0.4 is 5.32 Å². The number of hydrogen-bond acceptors (Lipinski definition) is 5. The van der Waals surface area contributed by atoms with Gasteiger partial charge in [0.05, 0.1) is 5.69 Å².